The van der Waals surface area contributed by atoms with Crippen LogP contribution in [0.25, 0.3) is 22.3 Å². The van der Waals surface area contributed by atoms with E-state index in [0.29, 0.717) is 41.4 Å². The second kappa shape index (κ2) is 8.90. The van der Waals surface area contributed by atoms with Crippen molar-refractivity contribution in [2.45, 2.75) is 13.2 Å². The van der Waals surface area contributed by atoms with Crippen LogP contribution in [0.5, 0.6) is 17.2 Å². The third kappa shape index (κ3) is 4.44. The molecular weight excluding hydrogens is 400 g/mol. The Hall–Kier alpha value is -4.18. The fourth-order valence-corrected chi connectivity index (χ4v) is 3.55. The van der Waals surface area contributed by atoms with Crippen molar-refractivity contribution in [1.82, 2.24) is 0 Å². The van der Waals surface area contributed by atoms with Gasteiger partial charge in [0, 0.05) is 11.6 Å². The standard InChI is InChI=1S/C28H22O4/c29-26-12-7-13-27-25(26)17-28(32-27)22-14-23(30-18-20-8-3-1-4-9-20)16-24(15-22)31-19-21-10-5-2-6-11-21/h1-17,29H,18-19H2. The van der Waals surface area contributed by atoms with Gasteiger partial charge in [0.15, 0.2) is 0 Å². The summed E-state index contributed by atoms with van der Waals surface area (Å²) in [4.78, 5) is 0. The summed E-state index contributed by atoms with van der Waals surface area (Å²) in [6.07, 6.45) is 0. The Balaban J connectivity index is 1.46. The molecule has 5 aromatic rings. The summed E-state index contributed by atoms with van der Waals surface area (Å²) in [6.45, 7) is 0.896. The predicted octanol–water partition coefficient (Wildman–Crippen LogP) is 6.96. The lowest BCUT2D eigenvalue weighted by molar-refractivity contribution is 0.290. The van der Waals surface area contributed by atoms with Crippen molar-refractivity contribution in [3.63, 3.8) is 0 Å². The van der Waals surface area contributed by atoms with E-state index in [1.165, 1.54) is 0 Å². The van der Waals surface area contributed by atoms with Crippen molar-refractivity contribution in [3.8, 4) is 28.6 Å². The van der Waals surface area contributed by atoms with Crippen LogP contribution in [0.1, 0.15) is 11.1 Å². The van der Waals surface area contributed by atoms with Gasteiger partial charge in [-0.2, -0.15) is 0 Å². The first-order valence-corrected chi connectivity index (χ1v) is 10.4. The van der Waals surface area contributed by atoms with Crippen molar-refractivity contribution >= 4 is 11.0 Å². The minimum atomic E-state index is 0.189. The first-order valence-electron chi connectivity index (χ1n) is 10.4. The van der Waals surface area contributed by atoms with E-state index >= 15 is 0 Å². The van der Waals surface area contributed by atoms with Crippen LogP contribution in [-0.2, 0) is 13.2 Å². The highest BCUT2D eigenvalue weighted by atomic mass is 16.5. The van der Waals surface area contributed by atoms with Gasteiger partial charge in [0.25, 0.3) is 0 Å². The van der Waals surface area contributed by atoms with Gasteiger partial charge in [0.05, 0.1) is 5.39 Å². The zero-order valence-corrected chi connectivity index (χ0v) is 17.4. The van der Waals surface area contributed by atoms with Crippen molar-refractivity contribution < 1.29 is 19.0 Å². The average Bonchev–Trinajstić information content (AvgIpc) is 3.29. The molecule has 4 heteroatoms. The summed E-state index contributed by atoms with van der Waals surface area (Å²) in [7, 11) is 0. The molecular formula is C28H22O4. The van der Waals surface area contributed by atoms with E-state index in [9.17, 15) is 5.11 Å². The maximum absolute atomic E-state index is 10.2. The van der Waals surface area contributed by atoms with Gasteiger partial charge >= 0.3 is 0 Å². The summed E-state index contributed by atoms with van der Waals surface area (Å²) >= 11 is 0. The molecule has 0 atom stereocenters. The number of hydrogen-bond acceptors (Lipinski definition) is 4. The lowest BCUT2D eigenvalue weighted by atomic mass is 10.1. The van der Waals surface area contributed by atoms with Crippen molar-refractivity contribution in [3.05, 3.63) is 114 Å². The van der Waals surface area contributed by atoms with E-state index in [4.69, 9.17) is 13.9 Å². The van der Waals surface area contributed by atoms with E-state index in [2.05, 4.69) is 0 Å². The second-order valence-corrected chi connectivity index (χ2v) is 7.54. The third-order valence-corrected chi connectivity index (χ3v) is 5.20. The van der Waals surface area contributed by atoms with E-state index in [-0.39, 0.29) is 5.75 Å². The smallest absolute Gasteiger partial charge is 0.138 e. The monoisotopic (exact) mass is 422 g/mol. The fraction of sp³-hybridized carbons (Fsp3) is 0.0714. The zero-order chi connectivity index (χ0) is 21.8. The molecule has 0 saturated heterocycles. The highest BCUT2D eigenvalue weighted by Crippen LogP contribution is 2.36. The molecule has 1 N–H and O–H groups in total. The van der Waals surface area contributed by atoms with Crippen molar-refractivity contribution in [1.29, 1.82) is 0 Å². The fourth-order valence-electron chi connectivity index (χ4n) is 3.55. The number of fused-ring (bicyclic) bond motifs is 1. The number of phenols is 1. The number of furan rings is 1. The maximum atomic E-state index is 10.2. The molecule has 0 radical (unpaired) electrons. The highest BCUT2D eigenvalue weighted by molar-refractivity contribution is 5.88. The summed E-state index contributed by atoms with van der Waals surface area (Å²) in [5.41, 5.74) is 3.60. The molecule has 4 nitrogen and oxygen atoms in total. The molecule has 0 bridgehead atoms. The molecule has 1 aromatic heterocycles. The van der Waals surface area contributed by atoms with Gasteiger partial charge in [0.1, 0.15) is 41.8 Å². The van der Waals surface area contributed by atoms with Crippen LogP contribution in [0.4, 0.5) is 0 Å². The van der Waals surface area contributed by atoms with E-state index in [1.807, 2.05) is 91.0 Å². The molecule has 0 unspecified atom stereocenters. The summed E-state index contributed by atoms with van der Waals surface area (Å²) in [6, 6.07) is 32.8. The van der Waals surface area contributed by atoms with Crippen molar-refractivity contribution in [2.24, 2.45) is 0 Å². The number of rotatable bonds is 7. The molecule has 0 spiro atoms. The lowest BCUT2D eigenvalue weighted by Gasteiger charge is -2.12. The van der Waals surface area contributed by atoms with Crippen LogP contribution >= 0.6 is 0 Å². The molecule has 4 aromatic carbocycles. The number of phenolic OH excluding ortho intramolecular Hbond substituents is 1. The SMILES string of the molecule is Oc1cccc2oc(-c3cc(OCc4ccccc4)cc(OCc4ccccc4)c3)cc12. The van der Waals surface area contributed by atoms with Gasteiger partial charge in [-0.15, -0.1) is 0 Å². The molecule has 5 rings (SSSR count). The van der Waals surface area contributed by atoms with Gasteiger partial charge in [-0.3, -0.25) is 0 Å². The van der Waals surface area contributed by atoms with Gasteiger partial charge in [-0.05, 0) is 41.5 Å². The van der Waals surface area contributed by atoms with Crippen molar-refractivity contribution in [2.75, 3.05) is 0 Å². The zero-order valence-electron chi connectivity index (χ0n) is 17.4. The Bertz CT molecular complexity index is 1260. The quantitative estimate of drug-likeness (QED) is 0.308. The van der Waals surface area contributed by atoms with Crippen LogP contribution in [0.2, 0.25) is 0 Å². The Labute approximate surface area is 186 Å². The Kier molecular flexibility index (Phi) is 5.50. The topological polar surface area (TPSA) is 51.8 Å². The summed E-state index contributed by atoms with van der Waals surface area (Å²) < 4.78 is 18.1. The van der Waals surface area contributed by atoms with Crippen LogP contribution in [0.3, 0.4) is 0 Å². The van der Waals surface area contributed by atoms with Gasteiger partial charge in [-0.25, -0.2) is 0 Å². The molecule has 158 valence electrons. The van der Waals surface area contributed by atoms with E-state index in [0.717, 1.165) is 16.7 Å². The van der Waals surface area contributed by atoms with Gasteiger partial charge in [-0.1, -0.05) is 66.7 Å². The largest absolute Gasteiger partial charge is 0.507 e. The lowest BCUT2D eigenvalue weighted by Crippen LogP contribution is -1.98. The third-order valence-electron chi connectivity index (χ3n) is 5.20. The number of ether oxygens (including phenoxy) is 2. The van der Waals surface area contributed by atoms with E-state index in [1.54, 1.807) is 12.1 Å². The van der Waals surface area contributed by atoms with Gasteiger partial charge in [0.2, 0.25) is 0 Å². The predicted molar refractivity (Wildman–Crippen MR) is 125 cm³/mol. The molecule has 0 fully saturated rings. The molecule has 1 heterocycles. The minimum absolute atomic E-state index is 0.189. The second-order valence-electron chi connectivity index (χ2n) is 7.54. The molecule has 0 amide bonds. The van der Waals surface area contributed by atoms with E-state index < -0.39 is 0 Å². The first kappa shape index (κ1) is 19.8. The molecule has 32 heavy (non-hydrogen) atoms. The number of benzene rings is 4. The average molecular weight is 422 g/mol. The Morgan fingerprint density at radius 2 is 1.22 bits per heavy atom. The highest BCUT2D eigenvalue weighted by Gasteiger charge is 2.12. The molecule has 0 aliphatic carbocycles. The maximum Gasteiger partial charge on any atom is 0.138 e. The molecule has 0 aliphatic heterocycles. The summed E-state index contributed by atoms with van der Waals surface area (Å²) in [5, 5.41) is 10.8. The van der Waals surface area contributed by atoms with Crippen LogP contribution < -0.4 is 9.47 Å². The Morgan fingerprint density at radius 1 is 0.625 bits per heavy atom. The number of aromatic hydroxyl groups is 1. The molecule has 0 aliphatic rings. The van der Waals surface area contributed by atoms with Crippen LogP contribution in [0, 0.1) is 0 Å². The normalized spacial score (nSPS) is 10.9. The minimum Gasteiger partial charge on any atom is -0.507 e. The van der Waals surface area contributed by atoms with Gasteiger partial charge < -0.3 is 19.0 Å². The van der Waals surface area contributed by atoms with Crippen LogP contribution in [-0.4, -0.2) is 5.11 Å². The number of hydrogen-bond donors (Lipinski definition) is 1. The first-order chi connectivity index (χ1) is 15.7. The summed E-state index contributed by atoms with van der Waals surface area (Å²) in [5.74, 6) is 2.18. The Morgan fingerprint density at radius 3 is 1.78 bits per heavy atom. The molecule has 0 saturated carbocycles. The van der Waals surface area contributed by atoms with Crippen LogP contribution in [0.15, 0.2) is 108 Å².